The summed E-state index contributed by atoms with van der Waals surface area (Å²) in [5.41, 5.74) is 1.61. The summed E-state index contributed by atoms with van der Waals surface area (Å²) in [5.74, 6) is 1.04. The number of aryl methyl sites for hydroxylation is 1. The van der Waals surface area contributed by atoms with Crippen molar-refractivity contribution in [1.82, 2.24) is 0 Å². The number of ether oxygens (including phenoxy) is 1. The van der Waals surface area contributed by atoms with Crippen LogP contribution in [-0.2, 0) is 6.54 Å². The normalized spacial score (nSPS) is 10.2. The van der Waals surface area contributed by atoms with E-state index in [-0.39, 0.29) is 11.4 Å². The lowest BCUT2D eigenvalue weighted by Crippen LogP contribution is -2.01. The molecule has 0 fully saturated rings. The molecule has 1 N–H and O–H groups in total. The van der Waals surface area contributed by atoms with Crippen LogP contribution >= 0.6 is 0 Å². The number of hydrogen-bond acceptors (Lipinski definition) is 5. The molecule has 1 heterocycles. The van der Waals surface area contributed by atoms with Gasteiger partial charge < -0.3 is 14.5 Å². The minimum Gasteiger partial charge on any atom is -0.490 e. The monoisotopic (exact) mass is 262 g/mol. The number of methoxy groups -OCH3 is 1. The van der Waals surface area contributed by atoms with Gasteiger partial charge in [0.2, 0.25) is 0 Å². The van der Waals surface area contributed by atoms with Gasteiger partial charge in [0.25, 0.3) is 0 Å². The van der Waals surface area contributed by atoms with Crippen molar-refractivity contribution in [1.29, 1.82) is 0 Å². The van der Waals surface area contributed by atoms with Gasteiger partial charge in [0, 0.05) is 11.8 Å². The number of benzene rings is 1. The summed E-state index contributed by atoms with van der Waals surface area (Å²) in [6.07, 6.45) is 1.61. The molecule has 0 saturated carbocycles. The highest BCUT2D eigenvalue weighted by molar-refractivity contribution is 5.58. The zero-order chi connectivity index (χ0) is 13.8. The smallest absolute Gasteiger partial charge is 0.312 e. The molecule has 0 saturated heterocycles. The van der Waals surface area contributed by atoms with E-state index in [1.54, 1.807) is 18.4 Å². The third kappa shape index (κ3) is 2.85. The third-order valence-corrected chi connectivity index (χ3v) is 2.80. The zero-order valence-corrected chi connectivity index (χ0v) is 10.7. The molecular formula is C13H14N2O4. The third-order valence-electron chi connectivity index (χ3n) is 2.80. The Morgan fingerprint density at radius 3 is 2.79 bits per heavy atom. The van der Waals surface area contributed by atoms with Crippen molar-refractivity contribution >= 4 is 11.4 Å². The first-order valence-electron chi connectivity index (χ1n) is 5.71. The average Bonchev–Trinajstić information content (AvgIpc) is 2.81. The summed E-state index contributed by atoms with van der Waals surface area (Å²) in [4.78, 5) is 10.4. The molecule has 1 aromatic heterocycles. The van der Waals surface area contributed by atoms with E-state index in [1.807, 2.05) is 13.0 Å². The van der Waals surface area contributed by atoms with E-state index in [4.69, 9.17) is 9.15 Å². The Hall–Kier alpha value is -2.50. The number of hydrogen-bond donors (Lipinski definition) is 1. The fourth-order valence-corrected chi connectivity index (χ4v) is 1.71. The largest absolute Gasteiger partial charge is 0.490 e. The predicted octanol–water partition coefficient (Wildman–Crippen LogP) is 3.12. The van der Waals surface area contributed by atoms with Gasteiger partial charge in [0.05, 0.1) is 24.8 Å². The van der Waals surface area contributed by atoms with Crippen LogP contribution in [0.25, 0.3) is 0 Å². The molecule has 100 valence electrons. The van der Waals surface area contributed by atoms with Gasteiger partial charge in [-0.05, 0) is 30.7 Å². The van der Waals surface area contributed by atoms with E-state index in [1.165, 1.54) is 13.2 Å². The Balaban J connectivity index is 2.15. The number of nitro benzene ring substituents is 1. The second kappa shape index (κ2) is 5.43. The first-order chi connectivity index (χ1) is 9.11. The van der Waals surface area contributed by atoms with Crippen molar-refractivity contribution in [2.45, 2.75) is 13.5 Å². The topological polar surface area (TPSA) is 77.5 Å². The average molecular weight is 262 g/mol. The molecular weight excluding hydrogens is 248 g/mol. The summed E-state index contributed by atoms with van der Waals surface area (Å²) in [5, 5.41) is 14.0. The number of nitro groups is 1. The first-order valence-corrected chi connectivity index (χ1v) is 5.71. The molecule has 1 aromatic carbocycles. The maximum atomic E-state index is 10.9. The van der Waals surface area contributed by atoms with Crippen LogP contribution in [0, 0.1) is 17.0 Å². The fourth-order valence-electron chi connectivity index (χ4n) is 1.71. The summed E-state index contributed by atoms with van der Waals surface area (Å²) in [6.45, 7) is 2.42. The molecule has 0 spiro atoms. The number of nitrogens with zero attached hydrogens (tertiary/aromatic N) is 1. The molecule has 6 nitrogen and oxygen atoms in total. The lowest BCUT2D eigenvalue weighted by Gasteiger charge is -2.07. The lowest BCUT2D eigenvalue weighted by molar-refractivity contribution is -0.385. The van der Waals surface area contributed by atoms with E-state index in [0.29, 0.717) is 12.2 Å². The maximum Gasteiger partial charge on any atom is 0.312 e. The first kappa shape index (κ1) is 12.9. The number of nitrogens with one attached hydrogen (secondary N) is 1. The molecule has 0 aliphatic rings. The Kier molecular flexibility index (Phi) is 3.70. The van der Waals surface area contributed by atoms with Gasteiger partial charge in [-0.25, -0.2) is 0 Å². The standard InChI is InChI=1S/C13H14N2O4/c1-9-5-6-19-13(9)8-14-10-3-4-12(18-2)11(7-10)15(16)17/h3-7,14H,8H2,1-2H3. The highest BCUT2D eigenvalue weighted by Crippen LogP contribution is 2.29. The van der Waals surface area contributed by atoms with Crippen molar-refractivity contribution in [2.24, 2.45) is 0 Å². The van der Waals surface area contributed by atoms with Crippen LogP contribution in [0.15, 0.2) is 34.9 Å². The van der Waals surface area contributed by atoms with Crippen LogP contribution in [0.3, 0.4) is 0 Å². The molecule has 0 atom stereocenters. The number of rotatable bonds is 5. The SMILES string of the molecule is COc1ccc(NCc2occc2C)cc1[N+](=O)[O-]. The van der Waals surface area contributed by atoms with Crippen molar-refractivity contribution < 1.29 is 14.1 Å². The predicted molar refractivity (Wildman–Crippen MR) is 70.4 cm³/mol. The Morgan fingerprint density at radius 1 is 1.42 bits per heavy atom. The van der Waals surface area contributed by atoms with Gasteiger partial charge in [-0.15, -0.1) is 0 Å². The van der Waals surface area contributed by atoms with E-state index >= 15 is 0 Å². The fraction of sp³-hybridized carbons (Fsp3) is 0.231. The quantitative estimate of drug-likeness (QED) is 0.661. The van der Waals surface area contributed by atoms with E-state index in [2.05, 4.69) is 5.32 Å². The molecule has 0 unspecified atom stereocenters. The molecule has 2 rings (SSSR count). The summed E-state index contributed by atoms with van der Waals surface area (Å²) < 4.78 is 10.2. The number of anilines is 1. The van der Waals surface area contributed by atoms with Crippen LogP contribution < -0.4 is 10.1 Å². The lowest BCUT2D eigenvalue weighted by atomic mass is 10.2. The minimum atomic E-state index is -0.470. The molecule has 0 aliphatic heterocycles. The molecule has 0 amide bonds. The molecule has 0 radical (unpaired) electrons. The summed E-state index contributed by atoms with van der Waals surface area (Å²) in [7, 11) is 1.40. The second-order valence-corrected chi connectivity index (χ2v) is 4.02. The van der Waals surface area contributed by atoms with Crippen molar-refractivity contribution in [3.8, 4) is 5.75 Å². The highest BCUT2D eigenvalue weighted by atomic mass is 16.6. The van der Waals surface area contributed by atoms with Crippen LogP contribution in [0.2, 0.25) is 0 Å². The summed E-state index contributed by atoms with van der Waals surface area (Å²) >= 11 is 0. The minimum absolute atomic E-state index is 0.0660. The van der Waals surface area contributed by atoms with Crippen LogP contribution in [0.5, 0.6) is 5.75 Å². The van der Waals surface area contributed by atoms with Gasteiger partial charge in [-0.1, -0.05) is 0 Å². The zero-order valence-electron chi connectivity index (χ0n) is 10.7. The van der Waals surface area contributed by atoms with E-state index in [9.17, 15) is 10.1 Å². The highest BCUT2D eigenvalue weighted by Gasteiger charge is 2.15. The molecule has 2 aromatic rings. The van der Waals surface area contributed by atoms with E-state index < -0.39 is 4.92 Å². The van der Waals surface area contributed by atoms with Gasteiger partial charge in [0.15, 0.2) is 5.75 Å². The summed E-state index contributed by atoms with van der Waals surface area (Å²) in [6, 6.07) is 6.60. The molecule has 0 bridgehead atoms. The van der Waals surface area contributed by atoms with Crippen molar-refractivity contribution in [2.75, 3.05) is 12.4 Å². The van der Waals surface area contributed by atoms with Crippen LogP contribution in [0.4, 0.5) is 11.4 Å². The van der Waals surface area contributed by atoms with Gasteiger partial charge in [-0.3, -0.25) is 10.1 Å². The van der Waals surface area contributed by atoms with E-state index in [0.717, 1.165) is 11.3 Å². The van der Waals surface area contributed by atoms with Crippen LogP contribution in [-0.4, -0.2) is 12.0 Å². The Labute approximate surface area is 110 Å². The molecule has 0 aliphatic carbocycles. The Bertz CT molecular complexity index is 592. The van der Waals surface area contributed by atoms with Crippen molar-refractivity contribution in [3.05, 3.63) is 52.0 Å². The molecule has 6 heteroatoms. The van der Waals surface area contributed by atoms with Gasteiger partial charge >= 0.3 is 5.69 Å². The Morgan fingerprint density at radius 2 is 2.21 bits per heavy atom. The van der Waals surface area contributed by atoms with Crippen molar-refractivity contribution in [3.63, 3.8) is 0 Å². The van der Waals surface area contributed by atoms with Gasteiger partial charge in [-0.2, -0.15) is 0 Å². The van der Waals surface area contributed by atoms with Gasteiger partial charge in [0.1, 0.15) is 5.76 Å². The van der Waals surface area contributed by atoms with Crippen LogP contribution in [0.1, 0.15) is 11.3 Å². The number of furan rings is 1. The maximum absolute atomic E-state index is 10.9. The molecule has 19 heavy (non-hydrogen) atoms. The second-order valence-electron chi connectivity index (χ2n) is 4.02.